The van der Waals surface area contributed by atoms with Gasteiger partial charge >= 0.3 is 0 Å². The highest BCUT2D eigenvalue weighted by atomic mass is 15.1. The van der Waals surface area contributed by atoms with Crippen molar-refractivity contribution in [3.05, 3.63) is 29.8 Å². The van der Waals surface area contributed by atoms with Crippen molar-refractivity contribution in [2.75, 3.05) is 24.5 Å². The Hall–Kier alpha value is -1.02. The van der Waals surface area contributed by atoms with Crippen molar-refractivity contribution in [3.8, 4) is 0 Å². The Morgan fingerprint density at radius 3 is 2.50 bits per heavy atom. The largest absolute Gasteiger partial charge is 0.371 e. The first-order valence-corrected chi connectivity index (χ1v) is 8.11. The van der Waals surface area contributed by atoms with E-state index in [1.165, 1.54) is 43.6 Å². The zero-order chi connectivity index (χ0) is 14.6. The van der Waals surface area contributed by atoms with E-state index in [1.54, 1.807) is 0 Å². The minimum absolute atomic E-state index is 0.432. The molecule has 1 saturated heterocycles. The molecule has 0 radical (unpaired) electrons. The fourth-order valence-electron chi connectivity index (χ4n) is 2.97. The second-order valence-corrected chi connectivity index (χ2v) is 6.89. The van der Waals surface area contributed by atoms with Crippen LogP contribution in [0.15, 0.2) is 24.3 Å². The highest BCUT2D eigenvalue weighted by Crippen LogP contribution is 2.34. The molecular formula is C18H30N2. The maximum atomic E-state index is 3.62. The first-order valence-electron chi connectivity index (χ1n) is 8.11. The van der Waals surface area contributed by atoms with Gasteiger partial charge in [0.1, 0.15) is 0 Å². The minimum Gasteiger partial charge on any atom is -0.371 e. The Labute approximate surface area is 124 Å². The van der Waals surface area contributed by atoms with Gasteiger partial charge < -0.3 is 10.2 Å². The lowest BCUT2D eigenvalue weighted by Gasteiger charge is -2.39. The quantitative estimate of drug-likeness (QED) is 0.857. The number of para-hydroxylation sites is 1. The van der Waals surface area contributed by atoms with Crippen LogP contribution in [0.25, 0.3) is 0 Å². The third-order valence-corrected chi connectivity index (χ3v) is 4.56. The lowest BCUT2D eigenvalue weighted by atomic mass is 9.82. The summed E-state index contributed by atoms with van der Waals surface area (Å²) in [6, 6.07) is 9.34. The predicted octanol–water partition coefficient (Wildman–Crippen LogP) is 4.37. The summed E-state index contributed by atoms with van der Waals surface area (Å²) < 4.78 is 0. The second kappa shape index (κ2) is 6.62. The molecule has 0 aromatic heterocycles. The molecule has 1 aromatic carbocycles. The van der Waals surface area contributed by atoms with Crippen LogP contribution in [0.2, 0.25) is 0 Å². The molecule has 0 saturated carbocycles. The van der Waals surface area contributed by atoms with Gasteiger partial charge in [0.2, 0.25) is 0 Å². The van der Waals surface area contributed by atoms with Gasteiger partial charge in [-0.15, -0.1) is 0 Å². The zero-order valence-corrected chi connectivity index (χ0v) is 13.6. The maximum Gasteiger partial charge on any atom is 0.0414 e. The van der Waals surface area contributed by atoms with Crippen LogP contribution in [-0.2, 0) is 0 Å². The van der Waals surface area contributed by atoms with Crippen molar-refractivity contribution < 1.29 is 0 Å². The van der Waals surface area contributed by atoms with Crippen LogP contribution in [0.3, 0.4) is 0 Å². The third-order valence-electron chi connectivity index (χ3n) is 4.56. The number of nitrogens with zero attached hydrogens (tertiary/aromatic N) is 1. The smallest absolute Gasteiger partial charge is 0.0414 e. The molecule has 1 heterocycles. The topological polar surface area (TPSA) is 15.3 Å². The summed E-state index contributed by atoms with van der Waals surface area (Å²) in [7, 11) is 0. The molecule has 1 aliphatic rings. The molecule has 1 unspecified atom stereocenters. The molecule has 0 aliphatic carbocycles. The predicted molar refractivity (Wildman–Crippen MR) is 88.4 cm³/mol. The Morgan fingerprint density at radius 2 is 1.85 bits per heavy atom. The van der Waals surface area contributed by atoms with Crippen molar-refractivity contribution in [1.82, 2.24) is 5.32 Å². The Balaban J connectivity index is 2.12. The van der Waals surface area contributed by atoms with Crippen molar-refractivity contribution in [2.45, 2.75) is 53.0 Å². The van der Waals surface area contributed by atoms with Gasteiger partial charge in [-0.3, -0.25) is 0 Å². The molecule has 1 fully saturated rings. The highest BCUT2D eigenvalue weighted by molar-refractivity contribution is 5.55. The number of piperidine rings is 1. The molecule has 0 bridgehead atoms. The summed E-state index contributed by atoms with van der Waals surface area (Å²) in [5.74, 6) is 0. The molecule has 2 rings (SSSR count). The van der Waals surface area contributed by atoms with Gasteiger partial charge in [0.05, 0.1) is 0 Å². The van der Waals surface area contributed by atoms with Gasteiger partial charge in [-0.25, -0.2) is 0 Å². The normalized spacial score (nSPS) is 19.9. The first-order chi connectivity index (χ1) is 9.53. The number of hydrogen-bond donors (Lipinski definition) is 1. The summed E-state index contributed by atoms with van der Waals surface area (Å²) in [4.78, 5) is 2.57. The van der Waals surface area contributed by atoms with E-state index in [0.717, 1.165) is 6.54 Å². The molecular weight excluding hydrogens is 244 g/mol. The number of benzene rings is 1. The Bertz CT molecular complexity index is 415. The number of nitrogens with one attached hydrogen (secondary N) is 1. The van der Waals surface area contributed by atoms with Gasteiger partial charge in [0.25, 0.3) is 0 Å². The Kier molecular flexibility index (Phi) is 5.09. The van der Waals surface area contributed by atoms with Gasteiger partial charge in [0.15, 0.2) is 0 Å². The lowest BCUT2D eigenvalue weighted by Crippen LogP contribution is -2.38. The van der Waals surface area contributed by atoms with E-state index in [0.29, 0.717) is 11.5 Å². The average molecular weight is 274 g/mol. The van der Waals surface area contributed by atoms with Crippen LogP contribution >= 0.6 is 0 Å². The van der Waals surface area contributed by atoms with Crippen LogP contribution in [0.5, 0.6) is 0 Å². The van der Waals surface area contributed by atoms with Crippen LogP contribution in [0, 0.1) is 5.41 Å². The van der Waals surface area contributed by atoms with Gasteiger partial charge in [-0.05, 0) is 49.8 Å². The fraction of sp³-hybridized carbons (Fsp3) is 0.667. The van der Waals surface area contributed by atoms with E-state index in [-0.39, 0.29) is 0 Å². The van der Waals surface area contributed by atoms with Gasteiger partial charge in [-0.1, -0.05) is 39.0 Å². The van der Waals surface area contributed by atoms with Crippen LogP contribution in [0.1, 0.15) is 58.6 Å². The molecule has 0 spiro atoms. The van der Waals surface area contributed by atoms with Crippen LogP contribution < -0.4 is 10.2 Å². The molecule has 0 amide bonds. The summed E-state index contributed by atoms with van der Waals surface area (Å²) in [5.41, 5.74) is 3.39. The molecule has 1 aliphatic heterocycles. The van der Waals surface area contributed by atoms with Crippen molar-refractivity contribution in [3.63, 3.8) is 0 Å². The third kappa shape index (κ3) is 3.76. The van der Waals surface area contributed by atoms with E-state index >= 15 is 0 Å². The highest BCUT2D eigenvalue weighted by Gasteiger charge is 2.26. The molecule has 20 heavy (non-hydrogen) atoms. The van der Waals surface area contributed by atoms with Crippen molar-refractivity contribution >= 4 is 5.69 Å². The van der Waals surface area contributed by atoms with E-state index < -0.39 is 0 Å². The van der Waals surface area contributed by atoms with Crippen molar-refractivity contribution in [1.29, 1.82) is 0 Å². The van der Waals surface area contributed by atoms with Crippen LogP contribution in [-0.4, -0.2) is 19.6 Å². The molecule has 2 nitrogen and oxygen atoms in total. The van der Waals surface area contributed by atoms with E-state index in [2.05, 4.69) is 62.2 Å². The number of rotatable bonds is 5. The summed E-state index contributed by atoms with van der Waals surface area (Å²) >= 11 is 0. The number of anilines is 1. The van der Waals surface area contributed by atoms with E-state index in [9.17, 15) is 0 Å². The lowest BCUT2D eigenvalue weighted by molar-refractivity contribution is 0.279. The monoisotopic (exact) mass is 274 g/mol. The van der Waals surface area contributed by atoms with Gasteiger partial charge in [0, 0.05) is 24.8 Å². The van der Waals surface area contributed by atoms with E-state index in [4.69, 9.17) is 0 Å². The zero-order valence-electron chi connectivity index (χ0n) is 13.6. The van der Waals surface area contributed by atoms with E-state index in [1.807, 2.05) is 0 Å². The molecule has 1 N–H and O–H groups in total. The summed E-state index contributed by atoms with van der Waals surface area (Å²) in [6.45, 7) is 12.7. The average Bonchev–Trinajstić information content (AvgIpc) is 2.45. The fourth-order valence-corrected chi connectivity index (χ4v) is 2.97. The molecule has 2 heteroatoms. The summed E-state index contributed by atoms with van der Waals surface area (Å²) in [5, 5.41) is 3.62. The standard InChI is InChI=1S/C18H30N2/c1-5-12-19-15(2)16-8-6-7-9-17(16)20-13-10-18(3,4)11-14-20/h6-9,15,19H,5,10-14H2,1-4H3. The summed E-state index contributed by atoms with van der Waals surface area (Å²) in [6.07, 6.45) is 3.76. The number of hydrogen-bond acceptors (Lipinski definition) is 2. The first kappa shape index (κ1) is 15.4. The molecule has 1 aromatic rings. The SMILES string of the molecule is CCCNC(C)c1ccccc1N1CCC(C)(C)CC1. The van der Waals surface area contributed by atoms with Crippen LogP contribution in [0.4, 0.5) is 5.69 Å². The Morgan fingerprint density at radius 1 is 1.20 bits per heavy atom. The maximum absolute atomic E-state index is 3.62. The minimum atomic E-state index is 0.432. The molecule has 1 atom stereocenters. The second-order valence-electron chi connectivity index (χ2n) is 6.89. The van der Waals surface area contributed by atoms with Crippen molar-refractivity contribution in [2.24, 2.45) is 5.41 Å². The van der Waals surface area contributed by atoms with Gasteiger partial charge in [-0.2, -0.15) is 0 Å². The molecule has 112 valence electrons.